The highest BCUT2D eigenvalue weighted by molar-refractivity contribution is 5.69. The molecule has 1 N–H and O–H groups in total. The summed E-state index contributed by atoms with van der Waals surface area (Å²) in [6.07, 6.45) is 4.81. The number of hydrogen-bond acceptors (Lipinski definition) is 3. The molecule has 1 saturated carbocycles. The van der Waals surface area contributed by atoms with Gasteiger partial charge < -0.3 is 10.0 Å². The Bertz CT molecular complexity index is 231. The van der Waals surface area contributed by atoms with Crippen LogP contribution in [-0.2, 0) is 4.79 Å². The van der Waals surface area contributed by atoms with E-state index in [2.05, 4.69) is 23.9 Å². The molecule has 0 aromatic carbocycles. The number of nitrogens with zero attached hydrogens (tertiary/aromatic N) is 2. The number of likely N-dealkylation sites (N-methyl/N-ethyl adjacent to an activating group) is 2. The van der Waals surface area contributed by atoms with E-state index in [1.807, 2.05) is 6.92 Å². The summed E-state index contributed by atoms with van der Waals surface area (Å²) in [6.45, 7) is 3.04. The number of carboxylic acid groups (broad SMARTS) is 1. The molecule has 0 spiro atoms. The third-order valence-electron chi connectivity index (χ3n) is 3.57. The quantitative estimate of drug-likeness (QED) is 0.769. The van der Waals surface area contributed by atoms with Crippen molar-refractivity contribution in [2.75, 3.05) is 27.2 Å². The molecule has 0 amide bonds. The maximum absolute atomic E-state index is 10.8. The van der Waals surface area contributed by atoms with Crippen LogP contribution < -0.4 is 0 Å². The van der Waals surface area contributed by atoms with Crippen molar-refractivity contribution in [3.63, 3.8) is 0 Å². The second-order valence-electron chi connectivity index (χ2n) is 4.84. The van der Waals surface area contributed by atoms with E-state index in [1.54, 1.807) is 0 Å². The number of aliphatic carboxylic acids is 1. The second-order valence-corrected chi connectivity index (χ2v) is 4.84. The van der Waals surface area contributed by atoms with Gasteiger partial charge in [0, 0.05) is 12.1 Å². The molecule has 1 aliphatic carbocycles. The summed E-state index contributed by atoms with van der Waals surface area (Å²) in [5.41, 5.74) is 0. The number of carbonyl (C=O) groups is 1. The first-order valence-electron chi connectivity index (χ1n) is 6.18. The van der Waals surface area contributed by atoms with Gasteiger partial charge in [0.25, 0.3) is 0 Å². The van der Waals surface area contributed by atoms with E-state index < -0.39 is 5.97 Å². The minimum atomic E-state index is -0.718. The third kappa shape index (κ3) is 3.46. The molecule has 0 radical (unpaired) electrons. The molecule has 1 rings (SSSR count). The van der Waals surface area contributed by atoms with Gasteiger partial charge in [-0.05, 0) is 33.5 Å². The van der Waals surface area contributed by atoms with Gasteiger partial charge >= 0.3 is 5.97 Å². The van der Waals surface area contributed by atoms with Crippen LogP contribution in [-0.4, -0.2) is 60.1 Å². The van der Waals surface area contributed by atoms with Crippen LogP contribution >= 0.6 is 0 Å². The Morgan fingerprint density at radius 2 is 1.81 bits per heavy atom. The molecule has 16 heavy (non-hydrogen) atoms. The highest BCUT2D eigenvalue weighted by Gasteiger charge is 2.31. The second kappa shape index (κ2) is 6.21. The lowest BCUT2D eigenvalue weighted by molar-refractivity contribution is -0.139. The van der Waals surface area contributed by atoms with Crippen LogP contribution in [0.15, 0.2) is 0 Å². The van der Waals surface area contributed by atoms with Crippen molar-refractivity contribution < 1.29 is 9.90 Å². The predicted octanol–water partition coefficient (Wildman–Crippen LogP) is 1.27. The molecule has 2 atom stereocenters. The lowest BCUT2D eigenvalue weighted by Crippen LogP contribution is -2.52. The standard InChI is InChI=1S/C12H24N2O2/c1-4-14(9-12(15)16)11-8-6-5-7-10(11)13(2)3/h10-11H,4-9H2,1-3H3,(H,15,16)/t10-,11+/m1/s1. The fourth-order valence-electron chi connectivity index (χ4n) is 2.76. The van der Waals surface area contributed by atoms with Crippen LogP contribution in [0.25, 0.3) is 0 Å². The minimum absolute atomic E-state index is 0.172. The van der Waals surface area contributed by atoms with Crippen LogP contribution in [0, 0.1) is 0 Å². The molecular formula is C12H24N2O2. The summed E-state index contributed by atoms with van der Waals surface area (Å²) in [6, 6.07) is 0.915. The molecule has 0 heterocycles. The molecular weight excluding hydrogens is 204 g/mol. The first-order valence-corrected chi connectivity index (χ1v) is 6.18. The lowest BCUT2D eigenvalue weighted by Gasteiger charge is -2.42. The predicted molar refractivity (Wildman–Crippen MR) is 64.6 cm³/mol. The van der Waals surface area contributed by atoms with Crippen molar-refractivity contribution in [3.05, 3.63) is 0 Å². The summed E-state index contributed by atoms with van der Waals surface area (Å²) in [5.74, 6) is -0.718. The van der Waals surface area contributed by atoms with Gasteiger partial charge in [0.2, 0.25) is 0 Å². The van der Waals surface area contributed by atoms with Gasteiger partial charge in [-0.3, -0.25) is 9.69 Å². The maximum Gasteiger partial charge on any atom is 0.317 e. The van der Waals surface area contributed by atoms with Gasteiger partial charge in [0.1, 0.15) is 0 Å². The van der Waals surface area contributed by atoms with Crippen molar-refractivity contribution in [3.8, 4) is 0 Å². The Morgan fingerprint density at radius 3 is 2.25 bits per heavy atom. The monoisotopic (exact) mass is 228 g/mol. The van der Waals surface area contributed by atoms with Gasteiger partial charge in [-0.2, -0.15) is 0 Å². The lowest BCUT2D eigenvalue weighted by atomic mass is 9.88. The molecule has 94 valence electrons. The van der Waals surface area contributed by atoms with Gasteiger partial charge in [0.05, 0.1) is 6.54 Å². The fourth-order valence-corrected chi connectivity index (χ4v) is 2.76. The Hall–Kier alpha value is -0.610. The van der Waals surface area contributed by atoms with E-state index >= 15 is 0 Å². The summed E-state index contributed by atoms with van der Waals surface area (Å²) < 4.78 is 0. The van der Waals surface area contributed by atoms with E-state index in [9.17, 15) is 4.79 Å². The van der Waals surface area contributed by atoms with Crippen molar-refractivity contribution in [1.29, 1.82) is 0 Å². The summed E-state index contributed by atoms with van der Waals surface area (Å²) in [5, 5.41) is 8.92. The van der Waals surface area contributed by atoms with Crippen molar-refractivity contribution in [1.82, 2.24) is 9.80 Å². The van der Waals surface area contributed by atoms with E-state index in [-0.39, 0.29) is 6.54 Å². The molecule has 1 fully saturated rings. The minimum Gasteiger partial charge on any atom is -0.480 e. The van der Waals surface area contributed by atoms with Crippen molar-refractivity contribution >= 4 is 5.97 Å². The van der Waals surface area contributed by atoms with Crippen LogP contribution in [0.1, 0.15) is 32.6 Å². The molecule has 0 aromatic rings. The maximum atomic E-state index is 10.8. The SMILES string of the molecule is CCN(CC(=O)O)[C@H]1CCCC[C@H]1N(C)C. The molecule has 0 aromatic heterocycles. The molecule has 0 bridgehead atoms. The normalized spacial score (nSPS) is 26.3. The first kappa shape index (κ1) is 13.5. The number of hydrogen-bond donors (Lipinski definition) is 1. The molecule has 0 aliphatic heterocycles. The highest BCUT2D eigenvalue weighted by Crippen LogP contribution is 2.25. The van der Waals surface area contributed by atoms with Crippen molar-refractivity contribution in [2.24, 2.45) is 0 Å². The van der Waals surface area contributed by atoms with Gasteiger partial charge in [-0.15, -0.1) is 0 Å². The Labute approximate surface area is 98.2 Å². The van der Waals surface area contributed by atoms with Gasteiger partial charge in [-0.1, -0.05) is 19.8 Å². The first-order chi connectivity index (χ1) is 7.56. The highest BCUT2D eigenvalue weighted by atomic mass is 16.4. The van der Waals surface area contributed by atoms with Crippen LogP contribution in [0.3, 0.4) is 0 Å². The Balaban J connectivity index is 2.67. The molecule has 4 nitrogen and oxygen atoms in total. The topological polar surface area (TPSA) is 43.8 Å². The molecule has 1 aliphatic rings. The van der Waals surface area contributed by atoms with Crippen molar-refractivity contribution in [2.45, 2.75) is 44.7 Å². The van der Waals surface area contributed by atoms with E-state index in [4.69, 9.17) is 5.11 Å². The number of rotatable bonds is 5. The summed E-state index contributed by atoms with van der Waals surface area (Å²) in [4.78, 5) is 15.2. The van der Waals surface area contributed by atoms with E-state index in [1.165, 1.54) is 19.3 Å². The largest absolute Gasteiger partial charge is 0.480 e. The van der Waals surface area contributed by atoms with Gasteiger partial charge in [-0.25, -0.2) is 0 Å². The zero-order valence-corrected chi connectivity index (χ0v) is 10.6. The smallest absolute Gasteiger partial charge is 0.317 e. The van der Waals surface area contributed by atoms with Crippen LogP contribution in [0.2, 0.25) is 0 Å². The zero-order valence-electron chi connectivity index (χ0n) is 10.6. The van der Waals surface area contributed by atoms with Gasteiger partial charge in [0.15, 0.2) is 0 Å². The molecule has 4 heteroatoms. The average Bonchev–Trinajstić information content (AvgIpc) is 2.25. The van der Waals surface area contributed by atoms with E-state index in [0.717, 1.165) is 13.0 Å². The summed E-state index contributed by atoms with van der Waals surface area (Å²) >= 11 is 0. The Kier molecular flexibility index (Phi) is 5.22. The van der Waals surface area contributed by atoms with E-state index in [0.29, 0.717) is 12.1 Å². The Morgan fingerprint density at radius 1 is 1.25 bits per heavy atom. The number of carboxylic acids is 1. The summed E-state index contributed by atoms with van der Waals surface area (Å²) in [7, 11) is 4.19. The average molecular weight is 228 g/mol. The molecule has 0 unspecified atom stereocenters. The van der Waals surface area contributed by atoms with Crippen LogP contribution in [0.4, 0.5) is 0 Å². The fraction of sp³-hybridized carbons (Fsp3) is 0.917. The van der Waals surface area contributed by atoms with Crippen LogP contribution in [0.5, 0.6) is 0 Å². The molecule has 0 saturated heterocycles. The third-order valence-corrected chi connectivity index (χ3v) is 3.57. The zero-order chi connectivity index (χ0) is 12.1.